The van der Waals surface area contributed by atoms with E-state index >= 15 is 0 Å². The summed E-state index contributed by atoms with van der Waals surface area (Å²) in [6, 6.07) is 16.6. The molecule has 0 saturated carbocycles. The number of hydrogen-bond donors (Lipinski definition) is 1. The minimum absolute atomic E-state index is 0.153. The highest BCUT2D eigenvalue weighted by Gasteiger charge is 2.19. The van der Waals surface area contributed by atoms with E-state index in [4.69, 9.17) is 0 Å². The Hall–Kier alpha value is -3.13. The number of carbonyl (C=O) groups is 2. The number of thioether (sulfide) groups is 1. The molecule has 4 rings (SSSR count). The van der Waals surface area contributed by atoms with Crippen molar-refractivity contribution < 1.29 is 9.59 Å². The van der Waals surface area contributed by atoms with E-state index in [0.717, 1.165) is 31.5 Å². The third kappa shape index (κ3) is 5.14. The predicted molar refractivity (Wildman–Crippen MR) is 122 cm³/mol. The van der Waals surface area contributed by atoms with Gasteiger partial charge in [-0.1, -0.05) is 42.1 Å². The molecule has 1 N–H and O–H groups in total. The van der Waals surface area contributed by atoms with E-state index in [2.05, 4.69) is 15.5 Å². The Labute approximate surface area is 185 Å². The third-order valence-corrected chi connectivity index (χ3v) is 6.29. The Kier molecular flexibility index (Phi) is 6.66. The first-order valence-electron chi connectivity index (χ1n) is 10.4. The van der Waals surface area contributed by atoms with Crippen LogP contribution in [0.3, 0.4) is 0 Å². The monoisotopic (exact) mass is 435 g/mol. The normalized spacial score (nSPS) is 13.8. The summed E-state index contributed by atoms with van der Waals surface area (Å²) in [5.41, 5.74) is 2.13. The summed E-state index contributed by atoms with van der Waals surface area (Å²) in [5, 5.41) is 12.2. The average molecular weight is 436 g/mol. The van der Waals surface area contributed by atoms with E-state index in [1.54, 1.807) is 12.1 Å². The molecule has 0 bridgehead atoms. The average Bonchev–Trinajstić information content (AvgIpc) is 3.19. The van der Waals surface area contributed by atoms with Crippen molar-refractivity contribution in [3.8, 4) is 11.4 Å². The van der Waals surface area contributed by atoms with Crippen LogP contribution >= 0.6 is 11.8 Å². The molecule has 2 amide bonds. The summed E-state index contributed by atoms with van der Waals surface area (Å²) in [6.07, 6.45) is 3.37. The standard InChI is InChI=1S/C23H25N5O2S/c1-27-21(25-26-23(27)31-16-20(29)28-13-6-3-7-14-28)18-11-8-12-19(15-18)24-22(30)17-9-4-2-5-10-17/h2,4-5,8-12,15H,3,6-7,13-14,16H2,1H3,(H,24,30). The van der Waals surface area contributed by atoms with Crippen LogP contribution in [-0.2, 0) is 11.8 Å². The van der Waals surface area contributed by atoms with Crippen LogP contribution in [0.15, 0.2) is 59.8 Å². The van der Waals surface area contributed by atoms with Gasteiger partial charge in [0.15, 0.2) is 11.0 Å². The number of benzene rings is 2. The molecule has 3 aromatic rings. The summed E-state index contributed by atoms with van der Waals surface area (Å²) in [6.45, 7) is 1.70. The molecular weight excluding hydrogens is 410 g/mol. The van der Waals surface area contributed by atoms with Gasteiger partial charge in [0.25, 0.3) is 5.91 Å². The van der Waals surface area contributed by atoms with Crippen molar-refractivity contribution >= 4 is 29.3 Å². The van der Waals surface area contributed by atoms with Crippen molar-refractivity contribution in [2.24, 2.45) is 7.05 Å². The fraction of sp³-hybridized carbons (Fsp3) is 0.304. The number of likely N-dealkylation sites (tertiary alicyclic amines) is 1. The lowest BCUT2D eigenvalue weighted by Gasteiger charge is -2.26. The van der Waals surface area contributed by atoms with Gasteiger partial charge in [0.2, 0.25) is 5.91 Å². The van der Waals surface area contributed by atoms with Gasteiger partial charge >= 0.3 is 0 Å². The number of amides is 2. The molecule has 1 aliphatic heterocycles. The van der Waals surface area contributed by atoms with Gasteiger partial charge < -0.3 is 14.8 Å². The maximum Gasteiger partial charge on any atom is 0.255 e. The van der Waals surface area contributed by atoms with E-state index in [1.807, 2.05) is 59.0 Å². The maximum atomic E-state index is 12.4. The zero-order valence-electron chi connectivity index (χ0n) is 17.5. The minimum Gasteiger partial charge on any atom is -0.342 e. The highest BCUT2D eigenvalue weighted by molar-refractivity contribution is 7.99. The van der Waals surface area contributed by atoms with E-state index in [0.29, 0.717) is 28.0 Å². The second kappa shape index (κ2) is 9.78. The lowest BCUT2D eigenvalue weighted by molar-refractivity contribution is -0.129. The van der Waals surface area contributed by atoms with Crippen molar-refractivity contribution in [3.05, 3.63) is 60.2 Å². The molecule has 7 nitrogen and oxygen atoms in total. The number of nitrogens with one attached hydrogen (secondary N) is 1. The van der Waals surface area contributed by atoms with Crippen molar-refractivity contribution in [2.45, 2.75) is 24.4 Å². The quantitative estimate of drug-likeness (QED) is 0.595. The molecular formula is C23H25N5O2S. The molecule has 31 heavy (non-hydrogen) atoms. The lowest BCUT2D eigenvalue weighted by Crippen LogP contribution is -2.36. The predicted octanol–water partition coefficient (Wildman–Crippen LogP) is 3.84. The molecule has 160 valence electrons. The highest BCUT2D eigenvalue weighted by atomic mass is 32.2. The second-order valence-electron chi connectivity index (χ2n) is 7.50. The van der Waals surface area contributed by atoms with E-state index < -0.39 is 0 Å². The number of anilines is 1. The van der Waals surface area contributed by atoms with Gasteiger partial charge in [-0.3, -0.25) is 9.59 Å². The number of piperidine rings is 1. The van der Waals surface area contributed by atoms with Crippen molar-refractivity contribution in [1.82, 2.24) is 19.7 Å². The molecule has 1 aliphatic rings. The fourth-order valence-corrected chi connectivity index (χ4v) is 4.40. The van der Waals surface area contributed by atoms with Gasteiger partial charge in [-0.25, -0.2) is 0 Å². The first-order chi connectivity index (χ1) is 15.1. The molecule has 2 heterocycles. The molecule has 1 aromatic heterocycles. The minimum atomic E-state index is -0.164. The van der Waals surface area contributed by atoms with Crippen LogP contribution in [0.25, 0.3) is 11.4 Å². The molecule has 0 atom stereocenters. The van der Waals surface area contributed by atoms with Gasteiger partial charge in [-0.2, -0.15) is 0 Å². The van der Waals surface area contributed by atoms with Crippen LogP contribution < -0.4 is 5.32 Å². The summed E-state index contributed by atoms with van der Waals surface area (Å²) >= 11 is 1.40. The van der Waals surface area contributed by atoms with E-state index in [-0.39, 0.29) is 11.8 Å². The van der Waals surface area contributed by atoms with Gasteiger partial charge in [-0.15, -0.1) is 10.2 Å². The van der Waals surface area contributed by atoms with Crippen LogP contribution in [0.4, 0.5) is 5.69 Å². The number of carbonyl (C=O) groups excluding carboxylic acids is 2. The van der Waals surface area contributed by atoms with Crippen molar-refractivity contribution in [3.63, 3.8) is 0 Å². The topological polar surface area (TPSA) is 80.1 Å². The smallest absolute Gasteiger partial charge is 0.255 e. The first-order valence-corrected chi connectivity index (χ1v) is 11.4. The molecule has 0 aliphatic carbocycles. The summed E-state index contributed by atoms with van der Waals surface area (Å²) in [5.74, 6) is 1.03. The largest absolute Gasteiger partial charge is 0.342 e. The lowest BCUT2D eigenvalue weighted by atomic mass is 10.1. The molecule has 1 saturated heterocycles. The Morgan fingerprint density at radius 1 is 1.00 bits per heavy atom. The molecule has 8 heteroatoms. The number of aromatic nitrogens is 3. The SMILES string of the molecule is Cn1c(SCC(=O)N2CCCCC2)nnc1-c1cccc(NC(=O)c2ccccc2)c1. The Morgan fingerprint density at radius 3 is 2.55 bits per heavy atom. The zero-order chi connectivity index (χ0) is 21.6. The number of nitrogens with zero attached hydrogens (tertiary/aromatic N) is 4. The number of hydrogen-bond acceptors (Lipinski definition) is 5. The molecule has 1 fully saturated rings. The van der Waals surface area contributed by atoms with Gasteiger partial charge in [0.05, 0.1) is 5.75 Å². The van der Waals surface area contributed by atoms with Crippen molar-refractivity contribution in [1.29, 1.82) is 0 Å². The molecule has 0 radical (unpaired) electrons. The van der Waals surface area contributed by atoms with E-state index in [9.17, 15) is 9.59 Å². The Bertz CT molecular complexity index is 1060. The van der Waals surface area contributed by atoms with Gasteiger partial charge in [-0.05, 0) is 43.5 Å². The van der Waals surface area contributed by atoms with Gasteiger partial charge in [0, 0.05) is 37.0 Å². The fourth-order valence-electron chi connectivity index (χ4n) is 3.58. The van der Waals surface area contributed by atoms with Crippen LogP contribution in [0.1, 0.15) is 29.6 Å². The zero-order valence-corrected chi connectivity index (χ0v) is 18.3. The molecule has 0 spiro atoms. The van der Waals surface area contributed by atoms with E-state index in [1.165, 1.54) is 18.2 Å². The Balaban J connectivity index is 1.43. The summed E-state index contributed by atoms with van der Waals surface area (Å²) in [4.78, 5) is 26.8. The summed E-state index contributed by atoms with van der Waals surface area (Å²) in [7, 11) is 1.89. The molecule has 0 unspecified atom stereocenters. The summed E-state index contributed by atoms with van der Waals surface area (Å²) < 4.78 is 1.88. The first kappa shape index (κ1) is 21.1. The van der Waals surface area contributed by atoms with Crippen LogP contribution in [-0.4, -0.2) is 50.3 Å². The second-order valence-corrected chi connectivity index (χ2v) is 8.44. The van der Waals surface area contributed by atoms with Crippen LogP contribution in [0, 0.1) is 0 Å². The van der Waals surface area contributed by atoms with Crippen molar-refractivity contribution in [2.75, 3.05) is 24.2 Å². The number of rotatable bonds is 6. The third-order valence-electron chi connectivity index (χ3n) is 5.28. The molecule has 2 aromatic carbocycles. The Morgan fingerprint density at radius 2 is 1.77 bits per heavy atom. The highest BCUT2D eigenvalue weighted by Crippen LogP contribution is 2.25. The van der Waals surface area contributed by atoms with Gasteiger partial charge in [0.1, 0.15) is 0 Å². The maximum absolute atomic E-state index is 12.4. The van der Waals surface area contributed by atoms with Crippen LogP contribution in [0.2, 0.25) is 0 Å². The van der Waals surface area contributed by atoms with Crippen LogP contribution in [0.5, 0.6) is 0 Å².